The van der Waals surface area contributed by atoms with Gasteiger partial charge in [0, 0.05) is 16.9 Å². The Balaban J connectivity index is 1.53. The molecule has 0 spiro atoms. The molecule has 1 atom stereocenters. The summed E-state index contributed by atoms with van der Waals surface area (Å²) < 4.78 is 10.5. The Bertz CT molecular complexity index is 917. The van der Waals surface area contributed by atoms with E-state index in [9.17, 15) is 0 Å². The summed E-state index contributed by atoms with van der Waals surface area (Å²) in [5, 5.41) is 0.994. The molecule has 25 heavy (non-hydrogen) atoms. The van der Waals surface area contributed by atoms with E-state index >= 15 is 0 Å². The molecule has 4 rings (SSSR count). The van der Waals surface area contributed by atoms with E-state index in [2.05, 4.69) is 44.1 Å². The maximum atomic E-state index is 6.24. The maximum Gasteiger partial charge on any atom is 0.120 e. The van der Waals surface area contributed by atoms with E-state index < -0.39 is 0 Å². The number of aromatic nitrogens is 3. The first-order valence-corrected chi connectivity index (χ1v) is 9.56. The van der Waals surface area contributed by atoms with E-state index in [1.807, 2.05) is 47.4 Å². The molecule has 2 aromatic heterocycles. The molecule has 0 saturated heterocycles. The molecule has 126 valence electrons. The number of hydrogen-bond acceptors (Lipinski definition) is 4. The second-order valence-electron chi connectivity index (χ2n) is 5.69. The molecule has 0 N–H and O–H groups in total. The number of imidazole rings is 1. The van der Waals surface area contributed by atoms with Gasteiger partial charge >= 0.3 is 0 Å². The van der Waals surface area contributed by atoms with Crippen molar-refractivity contribution in [1.82, 2.24) is 14.5 Å². The summed E-state index contributed by atoms with van der Waals surface area (Å²) in [6.45, 7) is 1.21. The molecule has 0 fully saturated rings. The van der Waals surface area contributed by atoms with Crippen LogP contribution >= 0.6 is 27.3 Å². The largest absolute Gasteiger partial charge is 0.364 e. The minimum atomic E-state index is -0.0608. The summed E-state index contributed by atoms with van der Waals surface area (Å²) in [5.41, 5.74) is 2.17. The first-order valence-electron chi connectivity index (χ1n) is 7.95. The van der Waals surface area contributed by atoms with Crippen LogP contribution in [0.5, 0.6) is 0 Å². The van der Waals surface area contributed by atoms with Crippen molar-refractivity contribution in [2.45, 2.75) is 19.3 Å². The van der Waals surface area contributed by atoms with E-state index in [0.29, 0.717) is 13.2 Å². The van der Waals surface area contributed by atoms with Crippen LogP contribution in [-0.2, 0) is 17.9 Å². The number of ether oxygens (including phenoxy) is 1. The van der Waals surface area contributed by atoms with Crippen LogP contribution in [0, 0.1) is 0 Å². The monoisotopic (exact) mass is 413 g/mol. The molecule has 0 bridgehead atoms. The summed E-state index contributed by atoms with van der Waals surface area (Å²) in [7, 11) is 0. The van der Waals surface area contributed by atoms with Crippen LogP contribution in [0.2, 0.25) is 0 Å². The maximum absolute atomic E-state index is 6.24. The van der Waals surface area contributed by atoms with Crippen molar-refractivity contribution in [2.24, 2.45) is 0 Å². The molecule has 0 aliphatic carbocycles. The SMILES string of the molecule is Brc1ccc(C(Cn2ccnc2)OCc2nc3ccccc3s2)cc1. The van der Waals surface area contributed by atoms with Gasteiger partial charge in [0.1, 0.15) is 11.1 Å². The minimum absolute atomic E-state index is 0.0608. The summed E-state index contributed by atoms with van der Waals surface area (Å²) in [4.78, 5) is 8.78. The summed E-state index contributed by atoms with van der Waals surface area (Å²) in [5.74, 6) is 0. The number of fused-ring (bicyclic) bond motifs is 1. The fourth-order valence-electron chi connectivity index (χ4n) is 2.67. The molecule has 0 aliphatic rings. The zero-order chi connectivity index (χ0) is 17.1. The quantitative estimate of drug-likeness (QED) is 0.435. The van der Waals surface area contributed by atoms with E-state index in [0.717, 1.165) is 20.6 Å². The van der Waals surface area contributed by atoms with Gasteiger partial charge in [0.05, 0.1) is 29.7 Å². The van der Waals surface area contributed by atoms with Crippen molar-refractivity contribution >= 4 is 37.5 Å². The zero-order valence-electron chi connectivity index (χ0n) is 13.4. The smallest absolute Gasteiger partial charge is 0.120 e. The molecule has 4 nitrogen and oxygen atoms in total. The molecule has 4 aromatic rings. The van der Waals surface area contributed by atoms with Crippen LogP contribution in [0.25, 0.3) is 10.2 Å². The third-order valence-electron chi connectivity index (χ3n) is 3.92. The second-order valence-corrected chi connectivity index (χ2v) is 7.72. The lowest BCUT2D eigenvalue weighted by Crippen LogP contribution is -2.12. The van der Waals surface area contributed by atoms with Crippen molar-refractivity contribution < 1.29 is 4.74 Å². The van der Waals surface area contributed by atoms with E-state index in [-0.39, 0.29) is 6.10 Å². The predicted molar refractivity (Wildman–Crippen MR) is 104 cm³/mol. The van der Waals surface area contributed by atoms with Crippen molar-refractivity contribution in [2.75, 3.05) is 0 Å². The molecule has 6 heteroatoms. The van der Waals surface area contributed by atoms with Crippen LogP contribution in [0.4, 0.5) is 0 Å². The van der Waals surface area contributed by atoms with Gasteiger partial charge in [-0.25, -0.2) is 9.97 Å². The molecular weight excluding hydrogens is 398 g/mol. The average Bonchev–Trinajstić information content (AvgIpc) is 3.28. The van der Waals surface area contributed by atoms with Gasteiger partial charge in [-0.2, -0.15) is 0 Å². The number of thiazole rings is 1. The highest BCUT2D eigenvalue weighted by molar-refractivity contribution is 9.10. The first kappa shape index (κ1) is 16.4. The number of nitrogens with zero attached hydrogens (tertiary/aromatic N) is 3. The van der Waals surface area contributed by atoms with Gasteiger partial charge in [-0.3, -0.25) is 0 Å². The number of para-hydroxylation sites is 1. The number of hydrogen-bond donors (Lipinski definition) is 0. The normalized spacial score (nSPS) is 12.5. The van der Waals surface area contributed by atoms with Crippen molar-refractivity contribution in [3.8, 4) is 0 Å². The molecule has 0 aliphatic heterocycles. The predicted octanol–water partition coefficient (Wildman–Crippen LogP) is 5.21. The third kappa shape index (κ3) is 3.98. The van der Waals surface area contributed by atoms with Crippen molar-refractivity contribution in [3.63, 3.8) is 0 Å². The molecule has 2 aromatic carbocycles. The van der Waals surface area contributed by atoms with E-state index in [1.165, 1.54) is 4.70 Å². The van der Waals surface area contributed by atoms with E-state index in [4.69, 9.17) is 4.74 Å². The van der Waals surface area contributed by atoms with Crippen LogP contribution in [0.15, 0.2) is 71.7 Å². The standard InChI is InChI=1S/C19H16BrN3OS/c20-15-7-5-14(6-8-15)17(11-23-10-9-21-13-23)24-12-19-22-16-3-1-2-4-18(16)25-19/h1-10,13,17H,11-12H2. The number of benzene rings is 2. The van der Waals surface area contributed by atoms with Gasteiger partial charge in [0.2, 0.25) is 0 Å². The Labute approximate surface area is 158 Å². The van der Waals surface area contributed by atoms with Gasteiger partial charge in [0.15, 0.2) is 0 Å². The van der Waals surface area contributed by atoms with Gasteiger partial charge in [-0.1, -0.05) is 40.2 Å². The zero-order valence-corrected chi connectivity index (χ0v) is 15.8. The molecule has 0 saturated carbocycles. The molecule has 0 radical (unpaired) electrons. The lowest BCUT2D eigenvalue weighted by molar-refractivity contribution is 0.0279. The van der Waals surface area contributed by atoms with Gasteiger partial charge < -0.3 is 9.30 Å². The van der Waals surface area contributed by atoms with Crippen molar-refractivity contribution in [3.05, 3.63) is 82.3 Å². The van der Waals surface area contributed by atoms with Crippen LogP contribution in [0.1, 0.15) is 16.7 Å². The highest BCUT2D eigenvalue weighted by atomic mass is 79.9. The first-order chi connectivity index (χ1) is 12.3. The molecular formula is C19H16BrN3OS. The second kappa shape index (κ2) is 7.47. The molecule has 1 unspecified atom stereocenters. The molecule has 0 amide bonds. The minimum Gasteiger partial charge on any atom is -0.364 e. The van der Waals surface area contributed by atoms with Gasteiger partial charge in [-0.05, 0) is 29.8 Å². The molecule has 2 heterocycles. The third-order valence-corrected chi connectivity index (χ3v) is 5.46. The summed E-state index contributed by atoms with van der Waals surface area (Å²) in [6.07, 6.45) is 5.49. The fourth-order valence-corrected chi connectivity index (χ4v) is 3.83. The Morgan fingerprint density at radius 3 is 2.72 bits per heavy atom. The van der Waals surface area contributed by atoms with Crippen LogP contribution in [-0.4, -0.2) is 14.5 Å². The lowest BCUT2D eigenvalue weighted by atomic mass is 10.1. The fraction of sp³-hybridized carbons (Fsp3) is 0.158. The topological polar surface area (TPSA) is 39.9 Å². The van der Waals surface area contributed by atoms with Crippen LogP contribution in [0.3, 0.4) is 0 Å². The Kier molecular flexibility index (Phi) is 4.92. The summed E-state index contributed by atoms with van der Waals surface area (Å²) in [6, 6.07) is 16.4. The highest BCUT2D eigenvalue weighted by Gasteiger charge is 2.14. The number of rotatable bonds is 6. The Hall–Kier alpha value is -2.02. The highest BCUT2D eigenvalue weighted by Crippen LogP contribution is 2.26. The van der Waals surface area contributed by atoms with Gasteiger partial charge in [0.25, 0.3) is 0 Å². The van der Waals surface area contributed by atoms with Crippen molar-refractivity contribution in [1.29, 1.82) is 0 Å². The average molecular weight is 414 g/mol. The summed E-state index contributed by atoms with van der Waals surface area (Å²) >= 11 is 5.17. The lowest BCUT2D eigenvalue weighted by Gasteiger charge is -2.18. The number of halogens is 1. The van der Waals surface area contributed by atoms with Gasteiger partial charge in [-0.15, -0.1) is 11.3 Å². The Morgan fingerprint density at radius 1 is 1.12 bits per heavy atom. The van der Waals surface area contributed by atoms with E-state index in [1.54, 1.807) is 17.5 Å². The van der Waals surface area contributed by atoms with Crippen LogP contribution < -0.4 is 0 Å². The Morgan fingerprint density at radius 2 is 1.96 bits per heavy atom.